The number of hydrogen-bond acceptors (Lipinski definition) is 6. The van der Waals surface area contributed by atoms with Crippen molar-refractivity contribution in [3.63, 3.8) is 0 Å². The summed E-state index contributed by atoms with van der Waals surface area (Å²) in [5.41, 5.74) is 3.04. The van der Waals surface area contributed by atoms with Crippen molar-refractivity contribution in [1.82, 2.24) is 15.5 Å². The molecule has 1 saturated heterocycles. The van der Waals surface area contributed by atoms with E-state index < -0.39 is 16.1 Å². The minimum absolute atomic E-state index is 0.0620. The second-order valence-electron chi connectivity index (χ2n) is 10.6. The van der Waals surface area contributed by atoms with Crippen LogP contribution in [0.2, 0.25) is 0 Å². The fourth-order valence-corrected chi connectivity index (χ4v) is 6.79. The third-order valence-corrected chi connectivity index (χ3v) is 9.07. The fraction of sp³-hybridized carbons (Fsp3) is 0.448. The number of benzene rings is 2. The lowest BCUT2D eigenvalue weighted by Crippen LogP contribution is -2.55. The molecule has 1 atom stereocenters. The number of rotatable bonds is 8. The lowest BCUT2D eigenvalue weighted by atomic mass is 9.74. The van der Waals surface area contributed by atoms with Gasteiger partial charge in [0.1, 0.15) is 6.04 Å². The quantitative estimate of drug-likeness (QED) is 0.519. The standard InChI is InChI=1S/C29H36N4O5S/c1-39(36,37)33-21-29(24-11-5-6-12-26(24)33)13-16-32(17-14-29)28(35)25(20-38-19-22-8-3-2-4-9-22)31-27(34)23-10-7-15-30-18-23/h2-6,8-12,25,30H,7,13-21H2,1H3,(H,31,34)/t25-/m1/s1. The number of fused-ring (bicyclic) bond motifs is 2. The smallest absolute Gasteiger partial charge is 0.248 e. The molecule has 1 spiro atoms. The van der Waals surface area contributed by atoms with Gasteiger partial charge in [0, 0.05) is 37.2 Å². The van der Waals surface area contributed by atoms with Crippen LogP contribution in [0.3, 0.4) is 0 Å². The molecule has 0 unspecified atom stereocenters. The molecule has 2 aromatic rings. The molecule has 0 bridgehead atoms. The van der Waals surface area contributed by atoms with Crippen LogP contribution < -0.4 is 14.9 Å². The van der Waals surface area contributed by atoms with Crippen LogP contribution in [0.4, 0.5) is 5.69 Å². The predicted octanol–water partition coefficient (Wildman–Crippen LogP) is 1.95. The molecule has 2 N–H and O–H groups in total. The first kappa shape index (κ1) is 27.4. The highest BCUT2D eigenvalue weighted by Crippen LogP contribution is 2.47. The second kappa shape index (κ2) is 11.5. The molecular weight excluding hydrogens is 516 g/mol. The van der Waals surface area contributed by atoms with Crippen molar-refractivity contribution in [2.75, 3.05) is 49.9 Å². The molecule has 3 aliphatic heterocycles. The highest BCUT2D eigenvalue weighted by Gasteiger charge is 2.47. The van der Waals surface area contributed by atoms with Crippen LogP contribution in [0.1, 0.15) is 30.4 Å². The zero-order valence-electron chi connectivity index (χ0n) is 22.3. The molecule has 0 saturated carbocycles. The summed E-state index contributed by atoms with van der Waals surface area (Å²) < 4.78 is 32.4. The van der Waals surface area contributed by atoms with E-state index in [0.717, 1.165) is 29.8 Å². The summed E-state index contributed by atoms with van der Waals surface area (Å²) in [5.74, 6) is -0.437. The van der Waals surface area contributed by atoms with Crippen LogP contribution in [0, 0.1) is 0 Å². The van der Waals surface area contributed by atoms with Crippen LogP contribution >= 0.6 is 0 Å². The Balaban J connectivity index is 1.28. The van der Waals surface area contributed by atoms with Crippen LogP contribution in [0.25, 0.3) is 0 Å². The predicted molar refractivity (Wildman–Crippen MR) is 150 cm³/mol. The number of para-hydroxylation sites is 1. The van der Waals surface area contributed by atoms with Gasteiger partial charge in [0.25, 0.3) is 0 Å². The monoisotopic (exact) mass is 552 g/mol. The number of nitrogens with one attached hydrogen (secondary N) is 2. The van der Waals surface area contributed by atoms with Gasteiger partial charge in [-0.25, -0.2) is 8.42 Å². The summed E-state index contributed by atoms with van der Waals surface area (Å²) in [5, 5.41) is 6.12. The van der Waals surface area contributed by atoms with Gasteiger partial charge in [-0.1, -0.05) is 54.6 Å². The Bertz CT molecular complexity index is 1340. The normalized spacial score (nSPS) is 19.4. The Labute approximate surface area is 230 Å². The van der Waals surface area contributed by atoms with Crippen molar-refractivity contribution in [3.8, 4) is 0 Å². The van der Waals surface area contributed by atoms with Gasteiger partial charge in [0.15, 0.2) is 0 Å². The molecule has 9 nitrogen and oxygen atoms in total. The Morgan fingerprint density at radius 3 is 2.49 bits per heavy atom. The van der Waals surface area contributed by atoms with Gasteiger partial charge < -0.3 is 20.3 Å². The molecule has 2 amide bonds. The number of carbonyl (C=O) groups is 2. The van der Waals surface area contributed by atoms with E-state index in [1.807, 2.05) is 60.7 Å². The molecule has 3 heterocycles. The third kappa shape index (κ3) is 6.03. The van der Waals surface area contributed by atoms with Crippen molar-refractivity contribution >= 4 is 27.5 Å². The molecule has 2 aromatic carbocycles. The van der Waals surface area contributed by atoms with Crippen molar-refractivity contribution < 1.29 is 22.7 Å². The van der Waals surface area contributed by atoms with E-state index in [1.54, 1.807) is 4.90 Å². The summed E-state index contributed by atoms with van der Waals surface area (Å²) >= 11 is 0. The molecule has 1 fully saturated rings. The topological polar surface area (TPSA) is 108 Å². The molecule has 3 aliphatic rings. The Morgan fingerprint density at radius 2 is 1.79 bits per heavy atom. The van der Waals surface area contributed by atoms with Crippen molar-refractivity contribution in [2.45, 2.75) is 37.3 Å². The summed E-state index contributed by atoms with van der Waals surface area (Å²) in [6.07, 6.45) is 5.20. The Kier molecular flexibility index (Phi) is 8.06. The van der Waals surface area contributed by atoms with Gasteiger partial charge in [0.2, 0.25) is 21.8 Å². The number of piperidine rings is 1. The molecule has 5 rings (SSSR count). The van der Waals surface area contributed by atoms with Gasteiger partial charge in [-0.2, -0.15) is 0 Å². The first-order valence-electron chi connectivity index (χ1n) is 13.5. The summed E-state index contributed by atoms with van der Waals surface area (Å²) in [4.78, 5) is 28.5. The fourth-order valence-electron chi connectivity index (χ4n) is 5.79. The zero-order chi connectivity index (χ0) is 27.5. The lowest BCUT2D eigenvalue weighted by molar-refractivity contribution is -0.139. The van der Waals surface area contributed by atoms with Gasteiger partial charge in [-0.15, -0.1) is 0 Å². The number of nitrogens with zero attached hydrogens (tertiary/aromatic N) is 2. The van der Waals surface area contributed by atoms with E-state index in [-0.39, 0.29) is 23.8 Å². The largest absolute Gasteiger partial charge is 0.374 e. The molecule has 0 radical (unpaired) electrons. The summed E-state index contributed by atoms with van der Waals surface area (Å²) in [6.45, 7) is 3.03. The van der Waals surface area contributed by atoms with E-state index in [4.69, 9.17) is 4.74 Å². The van der Waals surface area contributed by atoms with Crippen molar-refractivity contribution in [1.29, 1.82) is 0 Å². The SMILES string of the molecule is CS(=O)(=O)N1CC2(CCN(C(=O)[C@@H](COCc3ccccc3)NC(=O)C3=CCCNC3)CC2)c2ccccc21. The van der Waals surface area contributed by atoms with Crippen LogP contribution in [-0.4, -0.2) is 76.8 Å². The number of carbonyl (C=O) groups excluding carboxylic acids is 2. The molecule has 39 heavy (non-hydrogen) atoms. The van der Waals surface area contributed by atoms with Crippen molar-refractivity contribution in [3.05, 3.63) is 77.4 Å². The van der Waals surface area contributed by atoms with Crippen LogP contribution in [0.15, 0.2) is 66.2 Å². The number of ether oxygens (including phenoxy) is 1. The first-order valence-corrected chi connectivity index (χ1v) is 15.3. The Hall–Kier alpha value is -3.21. The highest BCUT2D eigenvalue weighted by atomic mass is 32.2. The number of amides is 2. The molecule has 10 heteroatoms. The minimum Gasteiger partial charge on any atom is -0.374 e. The van der Waals surface area contributed by atoms with Crippen LogP contribution in [0.5, 0.6) is 0 Å². The average Bonchev–Trinajstić information content (AvgIpc) is 3.28. The van der Waals surface area contributed by atoms with E-state index in [9.17, 15) is 18.0 Å². The maximum absolute atomic E-state index is 13.7. The zero-order valence-corrected chi connectivity index (χ0v) is 23.1. The van der Waals surface area contributed by atoms with Gasteiger partial charge in [0.05, 0.1) is 25.2 Å². The summed E-state index contributed by atoms with van der Waals surface area (Å²) in [7, 11) is -3.41. The number of anilines is 1. The van der Waals surface area contributed by atoms with E-state index in [0.29, 0.717) is 51.2 Å². The third-order valence-electron chi connectivity index (χ3n) is 7.94. The van der Waals surface area contributed by atoms with E-state index in [1.165, 1.54) is 10.6 Å². The van der Waals surface area contributed by atoms with Gasteiger partial charge in [-0.05, 0) is 43.0 Å². The lowest BCUT2D eigenvalue weighted by Gasteiger charge is -2.41. The maximum atomic E-state index is 13.7. The molecule has 0 aliphatic carbocycles. The molecule has 0 aromatic heterocycles. The van der Waals surface area contributed by atoms with E-state index in [2.05, 4.69) is 10.6 Å². The Morgan fingerprint density at radius 1 is 1.08 bits per heavy atom. The average molecular weight is 553 g/mol. The first-order chi connectivity index (χ1) is 18.8. The van der Waals surface area contributed by atoms with Gasteiger partial charge in [-0.3, -0.25) is 13.9 Å². The number of likely N-dealkylation sites (tertiary alicyclic amines) is 1. The molecular formula is C29H36N4O5S. The van der Waals surface area contributed by atoms with Crippen LogP contribution in [-0.2, 0) is 36.4 Å². The molecule has 208 valence electrons. The number of sulfonamides is 1. The number of hydrogen-bond donors (Lipinski definition) is 2. The van der Waals surface area contributed by atoms with Gasteiger partial charge >= 0.3 is 0 Å². The summed E-state index contributed by atoms with van der Waals surface area (Å²) in [6, 6.07) is 16.5. The highest BCUT2D eigenvalue weighted by molar-refractivity contribution is 7.92. The van der Waals surface area contributed by atoms with Crippen molar-refractivity contribution in [2.24, 2.45) is 0 Å². The second-order valence-corrected chi connectivity index (χ2v) is 12.5. The maximum Gasteiger partial charge on any atom is 0.248 e. The van der Waals surface area contributed by atoms with E-state index >= 15 is 0 Å². The minimum atomic E-state index is -3.41.